The van der Waals surface area contributed by atoms with Gasteiger partial charge in [0.1, 0.15) is 11.3 Å². The summed E-state index contributed by atoms with van der Waals surface area (Å²) < 4.78 is 46.4. The molecule has 0 spiro atoms. The first kappa shape index (κ1) is 14.6. The maximum atomic E-state index is 13.3. The molecule has 0 amide bonds. The van der Waals surface area contributed by atoms with Crippen molar-refractivity contribution in [2.45, 2.75) is 24.3 Å². The lowest BCUT2D eigenvalue weighted by Crippen LogP contribution is -2.08. The fraction of sp³-hybridized carbons (Fsp3) is 0.357. The lowest BCUT2D eigenvalue weighted by atomic mass is 10.2. The number of thioether (sulfide) groups is 1. The van der Waals surface area contributed by atoms with E-state index in [0.717, 1.165) is 18.6 Å². The highest BCUT2D eigenvalue weighted by Crippen LogP contribution is 2.40. The Balaban J connectivity index is 1.87. The third-order valence-corrected chi connectivity index (χ3v) is 5.03. The van der Waals surface area contributed by atoms with Gasteiger partial charge in [-0.1, -0.05) is 11.2 Å². The zero-order valence-electron chi connectivity index (χ0n) is 11.7. The lowest BCUT2D eigenvalue weighted by Gasteiger charge is -2.04. The molecule has 3 aromatic rings. The number of halogens is 3. The summed E-state index contributed by atoms with van der Waals surface area (Å²) in [6.07, 6.45) is -1.15. The molecule has 1 fully saturated rings. The Bertz CT molecular complexity index is 851. The summed E-state index contributed by atoms with van der Waals surface area (Å²) in [5.74, 6) is 1.29. The summed E-state index contributed by atoms with van der Waals surface area (Å²) in [4.78, 5) is 7.87. The van der Waals surface area contributed by atoms with Crippen molar-refractivity contribution in [2.75, 3.05) is 5.75 Å². The normalized spacial score (nSPS) is 18.8. The highest BCUT2D eigenvalue weighted by Gasteiger charge is 2.40. The van der Waals surface area contributed by atoms with Gasteiger partial charge >= 0.3 is 6.18 Å². The number of hydrogen-bond acceptors (Lipinski definition) is 5. The van der Waals surface area contributed by atoms with Crippen molar-refractivity contribution in [2.24, 2.45) is 0 Å². The average molecular weight is 340 g/mol. The van der Waals surface area contributed by atoms with E-state index in [0.29, 0.717) is 5.82 Å². The topological polar surface area (TPSA) is 56.2 Å². The van der Waals surface area contributed by atoms with E-state index in [1.807, 2.05) is 0 Å². The number of aromatic nitrogens is 4. The highest BCUT2D eigenvalue weighted by atomic mass is 32.2. The highest BCUT2D eigenvalue weighted by molar-refractivity contribution is 7.99. The smallest absolute Gasteiger partial charge is 0.332 e. The molecule has 0 radical (unpaired) electrons. The number of fused-ring (bicyclic) bond motifs is 1. The van der Waals surface area contributed by atoms with Crippen LogP contribution in [0.15, 0.2) is 28.9 Å². The minimum Gasteiger partial charge on any atom is -0.332 e. The van der Waals surface area contributed by atoms with Gasteiger partial charge in [0.25, 0.3) is 5.89 Å². The average Bonchev–Trinajstić information content (AvgIpc) is 3.24. The molecule has 0 aromatic carbocycles. The van der Waals surface area contributed by atoms with Crippen LogP contribution in [0.5, 0.6) is 0 Å². The maximum absolute atomic E-state index is 13.3. The Kier molecular flexibility index (Phi) is 3.33. The van der Waals surface area contributed by atoms with E-state index in [1.54, 1.807) is 23.9 Å². The number of imidazole rings is 1. The van der Waals surface area contributed by atoms with Gasteiger partial charge in [-0.3, -0.25) is 4.40 Å². The third kappa shape index (κ3) is 2.48. The second-order valence-corrected chi connectivity index (χ2v) is 6.51. The second kappa shape index (κ2) is 5.26. The molecule has 1 aliphatic heterocycles. The molecule has 1 aliphatic rings. The van der Waals surface area contributed by atoms with Crippen LogP contribution < -0.4 is 0 Å². The molecule has 5 nitrogen and oxygen atoms in total. The summed E-state index contributed by atoms with van der Waals surface area (Å²) in [6, 6.07) is 4.76. The molecule has 1 saturated heterocycles. The second-order valence-electron chi connectivity index (χ2n) is 5.20. The minimum atomic E-state index is -4.60. The molecule has 4 heterocycles. The van der Waals surface area contributed by atoms with E-state index in [9.17, 15) is 13.2 Å². The Morgan fingerprint density at radius 3 is 2.87 bits per heavy atom. The Morgan fingerprint density at radius 1 is 1.26 bits per heavy atom. The number of nitrogens with zero attached hydrogens (tertiary/aromatic N) is 4. The van der Waals surface area contributed by atoms with Gasteiger partial charge < -0.3 is 4.52 Å². The van der Waals surface area contributed by atoms with Gasteiger partial charge in [0, 0.05) is 6.20 Å². The predicted molar refractivity (Wildman–Crippen MR) is 77.9 cm³/mol. The van der Waals surface area contributed by atoms with E-state index in [1.165, 1.54) is 16.7 Å². The van der Waals surface area contributed by atoms with Crippen LogP contribution >= 0.6 is 11.8 Å². The van der Waals surface area contributed by atoms with Gasteiger partial charge in [-0.2, -0.15) is 29.9 Å². The van der Waals surface area contributed by atoms with Crippen molar-refractivity contribution in [3.05, 3.63) is 35.9 Å². The quantitative estimate of drug-likeness (QED) is 0.706. The van der Waals surface area contributed by atoms with Crippen LogP contribution in [0, 0.1) is 0 Å². The monoisotopic (exact) mass is 340 g/mol. The number of pyridine rings is 1. The van der Waals surface area contributed by atoms with E-state index in [-0.39, 0.29) is 22.5 Å². The molecule has 23 heavy (non-hydrogen) atoms. The first-order valence-electron chi connectivity index (χ1n) is 7.04. The van der Waals surface area contributed by atoms with Gasteiger partial charge in [0.15, 0.2) is 11.5 Å². The summed E-state index contributed by atoms with van der Waals surface area (Å²) >= 11 is 1.69. The molecule has 9 heteroatoms. The van der Waals surface area contributed by atoms with Crippen LogP contribution in [0.25, 0.3) is 17.2 Å². The molecule has 3 aromatic heterocycles. The van der Waals surface area contributed by atoms with Crippen molar-refractivity contribution >= 4 is 17.4 Å². The van der Waals surface area contributed by atoms with E-state index >= 15 is 0 Å². The van der Waals surface area contributed by atoms with E-state index in [4.69, 9.17) is 4.52 Å². The van der Waals surface area contributed by atoms with Gasteiger partial charge in [0.2, 0.25) is 0 Å². The Labute approximate surface area is 132 Å². The van der Waals surface area contributed by atoms with E-state index in [2.05, 4.69) is 15.1 Å². The summed E-state index contributed by atoms with van der Waals surface area (Å²) in [7, 11) is 0. The summed E-state index contributed by atoms with van der Waals surface area (Å²) in [5, 5.41) is 3.95. The molecule has 0 aliphatic carbocycles. The number of alkyl halides is 3. The molecule has 0 N–H and O–H groups in total. The molecular weight excluding hydrogens is 329 g/mol. The molecule has 120 valence electrons. The van der Waals surface area contributed by atoms with Crippen LogP contribution in [0.4, 0.5) is 13.2 Å². The van der Waals surface area contributed by atoms with Gasteiger partial charge in [0.05, 0.1) is 5.25 Å². The SMILES string of the molecule is FC(F)(F)c1nc2ccccn2c1-c1nc(C2CCCS2)no1. The molecule has 0 bridgehead atoms. The van der Waals surface area contributed by atoms with Crippen molar-refractivity contribution in [1.29, 1.82) is 0 Å². The summed E-state index contributed by atoms with van der Waals surface area (Å²) in [5.41, 5.74) is -1.04. The third-order valence-electron chi connectivity index (χ3n) is 3.66. The van der Waals surface area contributed by atoms with Crippen molar-refractivity contribution in [1.82, 2.24) is 19.5 Å². The van der Waals surface area contributed by atoms with Gasteiger partial charge in [-0.25, -0.2) is 4.98 Å². The predicted octanol–water partition coefficient (Wildman–Crippen LogP) is 3.97. The summed E-state index contributed by atoms with van der Waals surface area (Å²) in [6.45, 7) is 0. The maximum Gasteiger partial charge on any atom is 0.435 e. The lowest BCUT2D eigenvalue weighted by molar-refractivity contribution is -0.140. The zero-order valence-corrected chi connectivity index (χ0v) is 12.6. The zero-order chi connectivity index (χ0) is 16.0. The fourth-order valence-electron chi connectivity index (χ4n) is 2.64. The van der Waals surface area contributed by atoms with Crippen LogP contribution in [-0.4, -0.2) is 25.3 Å². The number of hydrogen-bond donors (Lipinski definition) is 0. The standard InChI is InChI=1S/C14H11F3N4OS/c15-14(16,17)11-10(21-6-2-1-5-9(21)18-11)13-19-12(20-22-13)8-4-3-7-23-8/h1-2,5-6,8H,3-4,7H2. The van der Waals surface area contributed by atoms with Gasteiger partial charge in [-0.05, 0) is 30.7 Å². The van der Waals surface area contributed by atoms with Crippen LogP contribution in [0.2, 0.25) is 0 Å². The van der Waals surface area contributed by atoms with Gasteiger partial charge in [-0.15, -0.1) is 0 Å². The molecule has 1 unspecified atom stereocenters. The van der Waals surface area contributed by atoms with Crippen LogP contribution in [0.1, 0.15) is 29.6 Å². The Morgan fingerprint density at radius 2 is 2.13 bits per heavy atom. The molecule has 1 atom stereocenters. The first-order valence-corrected chi connectivity index (χ1v) is 8.09. The fourth-order valence-corrected chi connectivity index (χ4v) is 3.84. The Hall–Kier alpha value is -2.03. The van der Waals surface area contributed by atoms with Crippen molar-refractivity contribution in [3.8, 4) is 11.6 Å². The minimum absolute atomic E-state index is 0.0843. The van der Waals surface area contributed by atoms with Crippen molar-refractivity contribution < 1.29 is 17.7 Å². The van der Waals surface area contributed by atoms with Crippen LogP contribution in [-0.2, 0) is 6.18 Å². The first-order chi connectivity index (χ1) is 11.0. The molecule has 0 saturated carbocycles. The molecular formula is C14H11F3N4OS. The van der Waals surface area contributed by atoms with E-state index < -0.39 is 11.9 Å². The molecule has 4 rings (SSSR count). The number of rotatable bonds is 2. The van der Waals surface area contributed by atoms with Crippen molar-refractivity contribution in [3.63, 3.8) is 0 Å². The van der Waals surface area contributed by atoms with Crippen LogP contribution in [0.3, 0.4) is 0 Å². The largest absolute Gasteiger partial charge is 0.435 e.